The number of aromatic hydroxyl groups is 1. The van der Waals surface area contributed by atoms with Crippen molar-refractivity contribution in [1.29, 1.82) is 0 Å². The third-order valence-corrected chi connectivity index (χ3v) is 4.55. The van der Waals surface area contributed by atoms with Crippen molar-refractivity contribution in [3.8, 4) is 22.1 Å². The number of hydrazone groups is 1. The molecule has 3 rings (SSSR count). The van der Waals surface area contributed by atoms with Crippen LogP contribution in [0.3, 0.4) is 0 Å². The van der Waals surface area contributed by atoms with Crippen LogP contribution in [-0.4, -0.2) is 34.0 Å². The van der Waals surface area contributed by atoms with Gasteiger partial charge in [-0.1, -0.05) is 6.07 Å². The van der Waals surface area contributed by atoms with Gasteiger partial charge in [0.2, 0.25) is 0 Å². The quantitative estimate of drug-likeness (QED) is 0.458. The van der Waals surface area contributed by atoms with Gasteiger partial charge in [-0.25, -0.2) is 5.43 Å². The van der Waals surface area contributed by atoms with E-state index in [1.807, 2.05) is 26.0 Å². The molecule has 0 radical (unpaired) electrons. The summed E-state index contributed by atoms with van der Waals surface area (Å²) in [5.74, 6) is -0.106. The average molecular weight is 370 g/mol. The Hall–Kier alpha value is -3.13. The Morgan fingerprint density at radius 3 is 3.00 bits per heavy atom. The SMILES string of the molecule is CCOc1cccc(/C=N/NC(=O)c2cc(-c3ccc(C)s3)[nH]n2)c1O. The molecule has 3 aromatic rings. The smallest absolute Gasteiger partial charge is 0.291 e. The number of hydrogen-bond acceptors (Lipinski definition) is 6. The summed E-state index contributed by atoms with van der Waals surface area (Å²) in [6, 6.07) is 10.7. The van der Waals surface area contributed by atoms with E-state index in [0.29, 0.717) is 17.9 Å². The van der Waals surface area contributed by atoms with Gasteiger partial charge in [0.25, 0.3) is 5.91 Å². The molecule has 2 aromatic heterocycles. The minimum Gasteiger partial charge on any atom is -0.504 e. The molecule has 0 aliphatic rings. The summed E-state index contributed by atoms with van der Waals surface area (Å²) < 4.78 is 5.31. The van der Waals surface area contributed by atoms with Crippen LogP contribution in [-0.2, 0) is 0 Å². The van der Waals surface area contributed by atoms with E-state index in [4.69, 9.17) is 4.74 Å². The lowest BCUT2D eigenvalue weighted by Crippen LogP contribution is -2.18. The van der Waals surface area contributed by atoms with Gasteiger partial charge in [0.05, 0.1) is 23.4 Å². The third-order valence-electron chi connectivity index (χ3n) is 3.52. The van der Waals surface area contributed by atoms with Gasteiger partial charge in [-0.2, -0.15) is 10.2 Å². The van der Waals surface area contributed by atoms with Crippen LogP contribution >= 0.6 is 11.3 Å². The zero-order valence-electron chi connectivity index (χ0n) is 14.3. The number of para-hydroxylation sites is 1. The minimum absolute atomic E-state index is 0.0255. The van der Waals surface area contributed by atoms with E-state index in [0.717, 1.165) is 10.6 Å². The maximum Gasteiger partial charge on any atom is 0.291 e. The number of aryl methyl sites for hydroxylation is 1. The first-order valence-corrected chi connectivity index (χ1v) is 8.80. The second kappa shape index (κ2) is 7.83. The summed E-state index contributed by atoms with van der Waals surface area (Å²) in [5.41, 5.74) is 3.84. The van der Waals surface area contributed by atoms with Crippen LogP contribution in [0.15, 0.2) is 41.5 Å². The number of carbonyl (C=O) groups is 1. The Morgan fingerprint density at radius 1 is 1.42 bits per heavy atom. The molecule has 7 nitrogen and oxygen atoms in total. The number of thiophene rings is 1. The van der Waals surface area contributed by atoms with Crippen molar-refractivity contribution in [2.45, 2.75) is 13.8 Å². The van der Waals surface area contributed by atoms with E-state index in [9.17, 15) is 9.90 Å². The van der Waals surface area contributed by atoms with Crippen molar-refractivity contribution < 1.29 is 14.6 Å². The molecule has 8 heteroatoms. The van der Waals surface area contributed by atoms with Crippen LogP contribution in [0.2, 0.25) is 0 Å². The Balaban J connectivity index is 1.67. The van der Waals surface area contributed by atoms with Crippen molar-refractivity contribution in [2.75, 3.05) is 6.61 Å². The first-order chi connectivity index (χ1) is 12.6. The highest BCUT2D eigenvalue weighted by molar-refractivity contribution is 7.15. The normalized spacial score (nSPS) is 11.0. The van der Waals surface area contributed by atoms with Crippen LogP contribution in [0.4, 0.5) is 0 Å². The summed E-state index contributed by atoms with van der Waals surface area (Å²) in [6.07, 6.45) is 1.35. The summed E-state index contributed by atoms with van der Waals surface area (Å²) in [5, 5.41) is 20.8. The average Bonchev–Trinajstić information content (AvgIpc) is 3.27. The predicted octanol–water partition coefficient (Wildman–Crippen LogP) is 3.31. The van der Waals surface area contributed by atoms with Crippen molar-refractivity contribution in [1.82, 2.24) is 15.6 Å². The number of benzene rings is 1. The molecule has 134 valence electrons. The zero-order valence-corrected chi connectivity index (χ0v) is 15.1. The molecular formula is C18H18N4O3S. The molecule has 1 amide bonds. The fourth-order valence-electron chi connectivity index (χ4n) is 2.28. The molecule has 1 aromatic carbocycles. The lowest BCUT2D eigenvalue weighted by molar-refractivity contribution is 0.0950. The van der Waals surface area contributed by atoms with Gasteiger partial charge in [0.15, 0.2) is 17.2 Å². The third kappa shape index (κ3) is 3.92. The first kappa shape index (κ1) is 17.7. The number of ether oxygens (including phenoxy) is 1. The van der Waals surface area contributed by atoms with Crippen LogP contribution in [0, 0.1) is 6.92 Å². The van der Waals surface area contributed by atoms with Gasteiger partial charge in [-0.15, -0.1) is 11.3 Å². The van der Waals surface area contributed by atoms with Gasteiger partial charge in [-0.3, -0.25) is 9.89 Å². The van der Waals surface area contributed by atoms with Gasteiger partial charge in [0.1, 0.15) is 0 Å². The summed E-state index contributed by atoms with van der Waals surface area (Å²) in [7, 11) is 0. The van der Waals surface area contributed by atoms with Crippen LogP contribution < -0.4 is 10.2 Å². The van der Waals surface area contributed by atoms with Crippen molar-refractivity contribution >= 4 is 23.5 Å². The maximum absolute atomic E-state index is 12.1. The fraction of sp³-hybridized carbons (Fsp3) is 0.167. The lowest BCUT2D eigenvalue weighted by Gasteiger charge is -2.06. The van der Waals surface area contributed by atoms with Gasteiger partial charge in [-0.05, 0) is 44.2 Å². The monoisotopic (exact) mass is 370 g/mol. The Labute approximate surface area is 154 Å². The van der Waals surface area contributed by atoms with E-state index in [-0.39, 0.29) is 11.4 Å². The lowest BCUT2D eigenvalue weighted by atomic mass is 10.2. The Bertz CT molecular complexity index is 946. The molecule has 0 fully saturated rings. The van der Waals surface area contributed by atoms with Gasteiger partial charge < -0.3 is 9.84 Å². The number of nitrogens with one attached hydrogen (secondary N) is 2. The predicted molar refractivity (Wildman–Crippen MR) is 101 cm³/mol. The van der Waals surface area contributed by atoms with E-state index < -0.39 is 5.91 Å². The molecule has 0 bridgehead atoms. The van der Waals surface area contributed by atoms with Crippen molar-refractivity contribution in [3.63, 3.8) is 0 Å². The highest BCUT2D eigenvalue weighted by atomic mass is 32.1. The minimum atomic E-state index is -0.447. The Morgan fingerprint density at radius 2 is 2.27 bits per heavy atom. The molecule has 0 spiro atoms. The van der Waals surface area contributed by atoms with Crippen molar-refractivity contribution in [3.05, 3.63) is 52.5 Å². The van der Waals surface area contributed by atoms with Crippen LogP contribution in [0.25, 0.3) is 10.6 Å². The molecule has 0 aliphatic carbocycles. The van der Waals surface area contributed by atoms with E-state index in [2.05, 4.69) is 20.7 Å². The standard InChI is InChI=1S/C18H18N4O3S/c1-3-25-15-6-4-5-12(17(15)23)10-19-22-18(24)14-9-13(20-21-14)16-8-7-11(2)26-16/h4-10,23H,3H2,1-2H3,(H,20,21)(H,22,24)/b19-10+. The number of rotatable bonds is 6. The molecule has 0 aliphatic heterocycles. The van der Waals surface area contributed by atoms with Gasteiger partial charge >= 0.3 is 0 Å². The van der Waals surface area contributed by atoms with E-state index in [1.54, 1.807) is 35.6 Å². The number of phenols is 1. The number of aromatic amines is 1. The highest BCUT2D eigenvalue weighted by Gasteiger charge is 2.12. The molecule has 26 heavy (non-hydrogen) atoms. The first-order valence-electron chi connectivity index (χ1n) is 7.99. The van der Waals surface area contributed by atoms with Crippen molar-refractivity contribution in [2.24, 2.45) is 5.10 Å². The zero-order chi connectivity index (χ0) is 18.5. The maximum atomic E-state index is 12.1. The van der Waals surface area contributed by atoms with Gasteiger partial charge in [0, 0.05) is 10.4 Å². The molecule has 3 N–H and O–H groups in total. The second-order valence-electron chi connectivity index (χ2n) is 5.40. The largest absolute Gasteiger partial charge is 0.504 e. The molecule has 2 heterocycles. The number of aromatic nitrogens is 2. The van der Waals surface area contributed by atoms with E-state index >= 15 is 0 Å². The number of carbonyl (C=O) groups excluding carboxylic acids is 1. The van der Waals surface area contributed by atoms with E-state index in [1.165, 1.54) is 11.1 Å². The molecule has 0 unspecified atom stereocenters. The number of hydrogen-bond donors (Lipinski definition) is 3. The summed E-state index contributed by atoms with van der Waals surface area (Å²) in [4.78, 5) is 14.3. The highest BCUT2D eigenvalue weighted by Crippen LogP contribution is 2.28. The second-order valence-corrected chi connectivity index (χ2v) is 6.69. The number of amides is 1. The molecular weight excluding hydrogens is 352 g/mol. The number of nitrogens with zero attached hydrogens (tertiary/aromatic N) is 2. The number of H-pyrrole nitrogens is 1. The summed E-state index contributed by atoms with van der Waals surface area (Å²) >= 11 is 1.62. The molecule has 0 atom stereocenters. The number of phenolic OH excluding ortho intramolecular Hbond substituents is 1. The fourth-order valence-corrected chi connectivity index (χ4v) is 3.11. The van der Waals surface area contributed by atoms with Crippen LogP contribution in [0.1, 0.15) is 27.9 Å². The Kier molecular flexibility index (Phi) is 5.33. The van der Waals surface area contributed by atoms with Crippen LogP contribution in [0.5, 0.6) is 11.5 Å². The molecule has 0 saturated heterocycles. The topological polar surface area (TPSA) is 99.6 Å². The molecule has 0 saturated carbocycles. The summed E-state index contributed by atoms with van der Waals surface area (Å²) in [6.45, 7) is 4.29.